The van der Waals surface area contributed by atoms with E-state index >= 15 is 0 Å². The molecule has 0 unspecified atom stereocenters. The van der Waals surface area contributed by atoms with Gasteiger partial charge in [0.05, 0.1) is 11.9 Å². The fraction of sp³-hybridized carbons (Fsp3) is 0.684. The molecule has 1 aliphatic carbocycles. The van der Waals surface area contributed by atoms with Gasteiger partial charge >= 0.3 is 0 Å². The van der Waals surface area contributed by atoms with Gasteiger partial charge in [-0.2, -0.15) is 0 Å². The van der Waals surface area contributed by atoms with Gasteiger partial charge in [-0.15, -0.1) is 11.8 Å². The fourth-order valence-electron chi connectivity index (χ4n) is 4.01. The van der Waals surface area contributed by atoms with E-state index in [0.717, 1.165) is 18.6 Å². The van der Waals surface area contributed by atoms with Gasteiger partial charge in [0, 0.05) is 25.7 Å². The van der Waals surface area contributed by atoms with Crippen LogP contribution in [0.3, 0.4) is 0 Å². The summed E-state index contributed by atoms with van der Waals surface area (Å²) in [6.45, 7) is 0.563. The van der Waals surface area contributed by atoms with E-state index in [2.05, 4.69) is 24.3 Å². The highest BCUT2D eigenvalue weighted by atomic mass is 32.2. The lowest BCUT2D eigenvalue weighted by Gasteiger charge is -2.36. The van der Waals surface area contributed by atoms with E-state index in [1.54, 1.807) is 7.11 Å². The van der Waals surface area contributed by atoms with Crippen LogP contribution >= 0.6 is 11.8 Å². The maximum absolute atomic E-state index is 6.52. The number of fused-ring (bicyclic) bond motifs is 1. The lowest BCUT2D eigenvalue weighted by atomic mass is 9.94. The van der Waals surface area contributed by atoms with Crippen molar-refractivity contribution in [2.24, 2.45) is 0 Å². The van der Waals surface area contributed by atoms with E-state index in [0.29, 0.717) is 6.61 Å². The average molecular weight is 350 g/mol. The molecule has 4 rings (SSSR count). The van der Waals surface area contributed by atoms with Crippen LogP contribution in [0.4, 0.5) is 0 Å². The fourth-order valence-corrected chi connectivity index (χ4v) is 5.35. The summed E-state index contributed by atoms with van der Waals surface area (Å²) >= 11 is 1.85. The maximum Gasteiger partial charge on any atom is 0.171 e. The molecule has 0 radical (unpaired) electrons. The third-order valence-electron chi connectivity index (χ3n) is 5.23. The summed E-state index contributed by atoms with van der Waals surface area (Å²) in [5.41, 5.74) is 1.31. The normalized spacial score (nSPS) is 35.0. The second-order valence-electron chi connectivity index (χ2n) is 6.91. The first-order valence-corrected chi connectivity index (χ1v) is 10.0. The van der Waals surface area contributed by atoms with Crippen molar-refractivity contribution in [3.63, 3.8) is 0 Å². The van der Waals surface area contributed by atoms with E-state index in [9.17, 15) is 0 Å². The van der Waals surface area contributed by atoms with Crippen LogP contribution in [0.1, 0.15) is 37.7 Å². The zero-order chi connectivity index (χ0) is 16.4. The Morgan fingerprint density at radius 1 is 1.12 bits per heavy atom. The van der Waals surface area contributed by atoms with E-state index in [1.807, 2.05) is 17.8 Å². The van der Waals surface area contributed by atoms with Crippen LogP contribution in [-0.2, 0) is 24.7 Å². The lowest BCUT2D eigenvalue weighted by Crippen LogP contribution is -2.50. The van der Waals surface area contributed by atoms with Crippen molar-refractivity contribution in [3.8, 4) is 0 Å². The molecule has 0 aromatic heterocycles. The van der Waals surface area contributed by atoms with Gasteiger partial charge < -0.3 is 18.9 Å². The molecule has 2 saturated heterocycles. The monoisotopic (exact) mass is 350 g/mol. The molecule has 4 nitrogen and oxygen atoms in total. The van der Waals surface area contributed by atoms with Gasteiger partial charge in [0.1, 0.15) is 12.2 Å². The first kappa shape index (κ1) is 16.9. The largest absolute Gasteiger partial charge is 0.355 e. The van der Waals surface area contributed by atoms with E-state index in [4.69, 9.17) is 18.9 Å². The van der Waals surface area contributed by atoms with Gasteiger partial charge in [-0.05, 0) is 18.4 Å². The highest BCUT2D eigenvalue weighted by Gasteiger charge is 2.54. The van der Waals surface area contributed by atoms with E-state index in [-0.39, 0.29) is 29.5 Å². The molecule has 0 bridgehead atoms. The summed E-state index contributed by atoms with van der Waals surface area (Å²) in [5, 5.41) is 0.134. The maximum atomic E-state index is 6.52. The van der Waals surface area contributed by atoms with Crippen molar-refractivity contribution in [1.29, 1.82) is 0 Å². The summed E-state index contributed by atoms with van der Waals surface area (Å²) in [5.74, 6) is 0.555. The molecule has 3 fully saturated rings. The molecular weight excluding hydrogens is 324 g/mol. The molecule has 3 aliphatic rings. The van der Waals surface area contributed by atoms with Gasteiger partial charge in [0.25, 0.3) is 0 Å². The molecule has 4 atom stereocenters. The lowest BCUT2D eigenvalue weighted by molar-refractivity contribution is -0.194. The predicted molar refractivity (Wildman–Crippen MR) is 93.8 cm³/mol. The minimum absolute atomic E-state index is 0.0303. The Hall–Kier alpha value is -0.590. The van der Waals surface area contributed by atoms with Crippen molar-refractivity contribution in [3.05, 3.63) is 35.9 Å². The molecule has 0 N–H and O–H groups in total. The third-order valence-corrected chi connectivity index (χ3v) is 6.61. The molecule has 1 spiro atoms. The Labute approximate surface area is 148 Å². The Balaban J connectivity index is 1.47. The number of hydrogen-bond donors (Lipinski definition) is 0. The van der Waals surface area contributed by atoms with Gasteiger partial charge in [0.2, 0.25) is 0 Å². The molecular formula is C19H26O4S. The van der Waals surface area contributed by atoms with Gasteiger partial charge in [-0.1, -0.05) is 36.8 Å². The average Bonchev–Trinajstić information content (AvgIpc) is 2.98. The smallest absolute Gasteiger partial charge is 0.171 e. The second kappa shape index (κ2) is 7.34. The second-order valence-corrected chi connectivity index (χ2v) is 8.08. The van der Waals surface area contributed by atoms with Crippen molar-refractivity contribution < 1.29 is 18.9 Å². The molecule has 24 heavy (non-hydrogen) atoms. The number of benzene rings is 1. The molecule has 132 valence electrons. The van der Waals surface area contributed by atoms with Crippen molar-refractivity contribution in [2.45, 2.75) is 67.4 Å². The highest BCUT2D eigenvalue weighted by Crippen LogP contribution is 2.46. The molecule has 1 saturated carbocycles. The standard InChI is InChI=1S/C19H26O4S/c1-20-18-17(24-13-14-8-4-2-5-9-14)16-15(12-21-18)22-19(23-16)10-6-3-7-11-19/h2,4-5,8-9,15-18H,3,6-7,10-13H2,1H3/t15-,16+,17-,18-/m1/s1. The van der Waals surface area contributed by atoms with Crippen LogP contribution in [0.2, 0.25) is 0 Å². The minimum Gasteiger partial charge on any atom is -0.355 e. The number of hydrogen-bond acceptors (Lipinski definition) is 5. The zero-order valence-electron chi connectivity index (χ0n) is 14.2. The summed E-state index contributed by atoms with van der Waals surface area (Å²) in [6.07, 6.45) is 5.53. The van der Waals surface area contributed by atoms with E-state index < -0.39 is 0 Å². The van der Waals surface area contributed by atoms with Crippen molar-refractivity contribution in [2.75, 3.05) is 13.7 Å². The van der Waals surface area contributed by atoms with Crippen LogP contribution < -0.4 is 0 Å². The first-order chi connectivity index (χ1) is 11.8. The van der Waals surface area contributed by atoms with Crippen LogP contribution in [0, 0.1) is 0 Å². The third kappa shape index (κ3) is 3.37. The van der Waals surface area contributed by atoms with Crippen molar-refractivity contribution in [1.82, 2.24) is 0 Å². The molecule has 2 heterocycles. The number of thioether (sulfide) groups is 1. The topological polar surface area (TPSA) is 36.9 Å². The van der Waals surface area contributed by atoms with Gasteiger partial charge in [-0.3, -0.25) is 0 Å². The van der Waals surface area contributed by atoms with Crippen LogP contribution in [0.15, 0.2) is 30.3 Å². The summed E-state index contributed by atoms with van der Waals surface area (Å²) in [6, 6.07) is 10.5. The Bertz CT molecular complexity index is 531. The van der Waals surface area contributed by atoms with E-state index in [1.165, 1.54) is 24.8 Å². The number of methoxy groups -OCH3 is 1. The highest BCUT2D eigenvalue weighted by molar-refractivity contribution is 7.99. The molecule has 5 heteroatoms. The zero-order valence-corrected chi connectivity index (χ0v) is 15.0. The number of rotatable bonds is 4. The van der Waals surface area contributed by atoms with Crippen LogP contribution in [-0.4, -0.2) is 43.3 Å². The SMILES string of the molecule is CO[C@@H]1OC[C@H]2OC3(CCCCC3)O[C@@H]2[C@H]1SCc1ccccc1. The Morgan fingerprint density at radius 2 is 1.92 bits per heavy atom. The first-order valence-electron chi connectivity index (χ1n) is 8.95. The summed E-state index contributed by atoms with van der Waals surface area (Å²) < 4.78 is 24.4. The Kier molecular flexibility index (Phi) is 5.16. The Morgan fingerprint density at radius 3 is 2.67 bits per heavy atom. The van der Waals surface area contributed by atoms with Gasteiger partial charge in [0.15, 0.2) is 12.1 Å². The molecule has 2 aliphatic heterocycles. The molecule has 0 amide bonds. The van der Waals surface area contributed by atoms with Crippen LogP contribution in [0.5, 0.6) is 0 Å². The predicted octanol–water partition coefficient (Wildman–Crippen LogP) is 3.74. The molecule has 1 aromatic rings. The quantitative estimate of drug-likeness (QED) is 0.827. The van der Waals surface area contributed by atoms with Crippen molar-refractivity contribution >= 4 is 11.8 Å². The summed E-state index contributed by atoms with van der Waals surface area (Å²) in [4.78, 5) is 0. The minimum atomic E-state index is -0.370. The van der Waals surface area contributed by atoms with Crippen LogP contribution in [0.25, 0.3) is 0 Å². The molecule has 1 aromatic carbocycles. The van der Waals surface area contributed by atoms with Gasteiger partial charge in [-0.25, -0.2) is 0 Å². The summed E-state index contributed by atoms with van der Waals surface area (Å²) in [7, 11) is 1.72. The number of ether oxygens (including phenoxy) is 4.